The molecule has 4 atom stereocenters. The van der Waals surface area contributed by atoms with Crippen molar-refractivity contribution in [2.24, 2.45) is 23.3 Å². The zero-order chi connectivity index (χ0) is 28.5. The number of hydrogen-bond donors (Lipinski definition) is 4. The third-order valence-electron chi connectivity index (χ3n) is 9.48. The van der Waals surface area contributed by atoms with Crippen LogP contribution < -0.4 is 11.5 Å². The zero-order valence-corrected chi connectivity index (χ0v) is 23.9. The van der Waals surface area contributed by atoms with Crippen molar-refractivity contribution < 1.29 is 0 Å². The van der Waals surface area contributed by atoms with E-state index >= 15 is 0 Å². The first-order chi connectivity index (χ1) is 20.4. The van der Waals surface area contributed by atoms with Crippen molar-refractivity contribution in [2.45, 2.75) is 51.6 Å². The van der Waals surface area contributed by atoms with Gasteiger partial charge in [0.15, 0.2) is 0 Å². The van der Waals surface area contributed by atoms with E-state index in [1.807, 2.05) is 6.20 Å². The van der Waals surface area contributed by atoms with Crippen LogP contribution in [0.3, 0.4) is 0 Å². The maximum Gasteiger partial charge on any atom is 0.107 e. The van der Waals surface area contributed by atoms with Gasteiger partial charge in [0.05, 0.1) is 45.0 Å². The smallest absolute Gasteiger partial charge is 0.107 e. The molecule has 6 N–H and O–H groups in total. The lowest BCUT2D eigenvalue weighted by atomic mass is 10.0. The molecule has 2 aliphatic rings. The van der Waals surface area contributed by atoms with Crippen molar-refractivity contribution in [1.29, 1.82) is 0 Å². The van der Waals surface area contributed by atoms with Crippen LogP contribution >= 0.6 is 0 Å². The third kappa shape index (κ3) is 4.47. The van der Waals surface area contributed by atoms with Gasteiger partial charge in [-0.1, -0.05) is 30.7 Å². The molecule has 0 saturated heterocycles. The predicted molar refractivity (Wildman–Crippen MR) is 168 cm³/mol. The number of fused-ring (bicyclic) bond motifs is 3. The number of aromatic nitrogens is 6. The van der Waals surface area contributed by atoms with Crippen molar-refractivity contribution in [2.75, 3.05) is 0 Å². The highest BCUT2D eigenvalue weighted by molar-refractivity contribution is 5.87. The van der Waals surface area contributed by atoms with Crippen LogP contribution in [0.1, 0.15) is 38.3 Å². The molecule has 3 heterocycles. The molecule has 8 heteroatoms. The number of H-pyrrole nitrogens is 2. The van der Waals surface area contributed by atoms with Gasteiger partial charge in [-0.3, -0.25) is 4.98 Å². The minimum Gasteiger partial charge on any atom is -0.342 e. The normalized spacial score (nSPS) is 21.6. The van der Waals surface area contributed by atoms with Crippen LogP contribution in [-0.2, 0) is 12.8 Å². The van der Waals surface area contributed by atoms with Crippen LogP contribution in [0.25, 0.3) is 55.5 Å². The summed E-state index contributed by atoms with van der Waals surface area (Å²) in [5, 5.41) is 0. The number of nitrogens with two attached hydrogens (primary N) is 2. The molecule has 0 radical (unpaired) electrons. The Balaban J connectivity index is 1.01. The molecular weight excluding hydrogens is 520 g/mol. The lowest BCUT2D eigenvalue weighted by Gasteiger charge is -2.06. The fourth-order valence-corrected chi connectivity index (χ4v) is 6.39. The minimum absolute atomic E-state index is 0.187. The summed E-state index contributed by atoms with van der Waals surface area (Å²) in [6.07, 6.45) is 5.71. The van der Waals surface area contributed by atoms with Crippen LogP contribution in [-0.4, -0.2) is 42.0 Å². The number of rotatable bonds is 8. The average Bonchev–Trinajstić information content (AvgIpc) is 3.55. The Hall–Kier alpha value is -4.40. The van der Waals surface area contributed by atoms with Gasteiger partial charge in [-0.2, -0.15) is 0 Å². The number of nitrogens with zero attached hydrogens (tertiary/aromatic N) is 4. The van der Waals surface area contributed by atoms with E-state index in [2.05, 4.69) is 78.4 Å². The van der Waals surface area contributed by atoms with Crippen molar-refractivity contribution in [3.05, 3.63) is 83.6 Å². The van der Waals surface area contributed by atoms with E-state index in [0.29, 0.717) is 17.9 Å². The van der Waals surface area contributed by atoms with Gasteiger partial charge >= 0.3 is 0 Å². The van der Waals surface area contributed by atoms with E-state index < -0.39 is 0 Å². The Morgan fingerprint density at radius 1 is 0.714 bits per heavy atom. The summed E-state index contributed by atoms with van der Waals surface area (Å²) < 4.78 is 0. The lowest BCUT2D eigenvalue weighted by molar-refractivity contribution is 0.652. The van der Waals surface area contributed by atoms with Gasteiger partial charge in [-0.25, -0.2) is 15.0 Å². The molecule has 4 unspecified atom stereocenters. The highest BCUT2D eigenvalue weighted by Crippen LogP contribution is 2.40. The van der Waals surface area contributed by atoms with Crippen LogP contribution in [0.4, 0.5) is 0 Å². The zero-order valence-electron chi connectivity index (χ0n) is 23.9. The molecule has 6 aromatic rings. The lowest BCUT2D eigenvalue weighted by Crippen LogP contribution is -2.05. The summed E-state index contributed by atoms with van der Waals surface area (Å²) in [6.45, 7) is 4.34. The Morgan fingerprint density at radius 3 is 1.98 bits per heavy atom. The maximum atomic E-state index is 6.11. The van der Waals surface area contributed by atoms with Gasteiger partial charge in [0, 0.05) is 30.5 Å². The fourth-order valence-electron chi connectivity index (χ4n) is 6.39. The molecular formula is C34H34N8. The highest BCUT2D eigenvalue weighted by atomic mass is 14.9. The van der Waals surface area contributed by atoms with E-state index in [9.17, 15) is 0 Å². The predicted octanol–water partition coefficient (Wildman–Crippen LogP) is 5.83. The largest absolute Gasteiger partial charge is 0.342 e. The fraction of sp³-hybridized carbons (Fsp3) is 0.294. The topological polar surface area (TPSA) is 135 Å². The molecule has 0 amide bonds. The summed E-state index contributed by atoms with van der Waals surface area (Å²) in [5.41, 5.74) is 24.7. The molecule has 0 bridgehead atoms. The van der Waals surface area contributed by atoms with E-state index in [1.54, 1.807) is 0 Å². The summed E-state index contributed by atoms with van der Waals surface area (Å²) in [5.74, 6) is 3.26. The van der Waals surface area contributed by atoms with Crippen molar-refractivity contribution >= 4 is 33.1 Å². The Labute approximate surface area is 243 Å². The molecule has 8 nitrogen and oxygen atoms in total. The first kappa shape index (κ1) is 25.3. The second-order valence-electron chi connectivity index (χ2n) is 12.1. The summed E-state index contributed by atoms with van der Waals surface area (Å²) in [6, 6.07) is 19.4. The molecule has 42 heavy (non-hydrogen) atoms. The highest BCUT2D eigenvalue weighted by Gasteiger charge is 2.42. The van der Waals surface area contributed by atoms with E-state index in [1.165, 1.54) is 11.1 Å². The van der Waals surface area contributed by atoms with Gasteiger partial charge < -0.3 is 21.4 Å². The van der Waals surface area contributed by atoms with E-state index in [4.69, 9.17) is 31.4 Å². The molecule has 1 fully saturated rings. The average molecular weight is 555 g/mol. The molecule has 210 valence electrons. The Morgan fingerprint density at radius 2 is 1.31 bits per heavy atom. The van der Waals surface area contributed by atoms with Crippen molar-refractivity contribution in [1.82, 2.24) is 29.9 Å². The molecule has 2 aliphatic carbocycles. The second-order valence-corrected chi connectivity index (χ2v) is 12.1. The first-order valence-corrected chi connectivity index (χ1v) is 14.9. The molecule has 3 aromatic heterocycles. The van der Waals surface area contributed by atoms with Crippen LogP contribution in [0.15, 0.2) is 71.9 Å². The first-order valence-electron chi connectivity index (χ1n) is 14.9. The number of hydrogen-bond acceptors (Lipinski definition) is 6. The molecule has 8 rings (SSSR count). The van der Waals surface area contributed by atoms with Crippen molar-refractivity contribution in [3.8, 4) is 22.4 Å². The third-order valence-corrected chi connectivity index (χ3v) is 9.48. The monoisotopic (exact) mass is 554 g/mol. The maximum absolute atomic E-state index is 6.11. The standard InChI is InChI=1S/C34H34N8/c1-17-22(33(17)35)6-11-31-39-25-9-4-20(14-28(25)41-31)19-3-8-24-27(13-19)37-16-30(38-24)21-5-10-26-29(15-21)42-32(40-26)12-7-23-18(2)34(23)36/h3-5,8-10,13-16,18,23,33-34H,6-7,11-12,35-36H2,1-2H3,(H,39,41)(H,40,42). The number of nitrogens with one attached hydrogen (secondary N) is 2. The number of benzene rings is 3. The van der Waals surface area contributed by atoms with Crippen molar-refractivity contribution in [3.63, 3.8) is 0 Å². The van der Waals surface area contributed by atoms with Crippen LogP contribution in [0, 0.1) is 11.8 Å². The Kier molecular flexibility index (Phi) is 5.77. The number of aryl methyl sites for hydroxylation is 2. The van der Waals surface area contributed by atoms with Crippen LogP contribution in [0.5, 0.6) is 0 Å². The molecule has 0 spiro atoms. The SMILES string of the molecule is CC1=C(CCc2nc3ccc(-c4ccc5nc(-c6ccc7nc(CCC8C(C)C8N)[nH]c7c6)cnc5c4)cc3[nH]2)C1N. The molecule has 0 aliphatic heterocycles. The summed E-state index contributed by atoms with van der Waals surface area (Å²) >= 11 is 0. The van der Waals surface area contributed by atoms with E-state index in [0.717, 1.165) is 92.8 Å². The van der Waals surface area contributed by atoms with E-state index in [-0.39, 0.29) is 6.04 Å². The van der Waals surface area contributed by atoms with Crippen LogP contribution in [0.2, 0.25) is 0 Å². The van der Waals surface area contributed by atoms with Gasteiger partial charge in [-0.15, -0.1) is 0 Å². The Bertz CT molecular complexity index is 2020. The van der Waals surface area contributed by atoms with Gasteiger partial charge in [0.2, 0.25) is 0 Å². The summed E-state index contributed by atoms with van der Waals surface area (Å²) in [7, 11) is 0. The molecule has 3 aromatic carbocycles. The number of imidazole rings is 2. The summed E-state index contributed by atoms with van der Waals surface area (Å²) in [4.78, 5) is 26.3. The second kappa shape index (κ2) is 9.58. The quantitative estimate of drug-likeness (QED) is 0.175. The van der Waals surface area contributed by atoms with Gasteiger partial charge in [-0.05, 0) is 84.7 Å². The van der Waals surface area contributed by atoms with Gasteiger partial charge in [0.1, 0.15) is 11.6 Å². The number of aromatic amines is 2. The molecule has 1 saturated carbocycles. The minimum atomic E-state index is 0.187. The van der Waals surface area contributed by atoms with Gasteiger partial charge in [0.25, 0.3) is 0 Å².